The zero-order valence-electron chi connectivity index (χ0n) is 12.6. The average Bonchev–Trinajstić information content (AvgIpc) is 2.86. The van der Waals surface area contributed by atoms with Gasteiger partial charge in [0, 0.05) is 26.1 Å². The van der Waals surface area contributed by atoms with E-state index >= 15 is 0 Å². The van der Waals surface area contributed by atoms with E-state index in [1.165, 1.54) is 5.56 Å². The van der Waals surface area contributed by atoms with Gasteiger partial charge in [0.05, 0.1) is 6.61 Å². The van der Waals surface area contributed by atoms with E-state index < -0.39 is 0 Å². The zero-order chi connectivity index (χ0) is 14.2. The van der Waals surface area contributed by atoms with Crippen molar-refractivity contribution in [2.75, 3.05) is 26.2 Å². The topological polar surface area (TPSA) is 41.6 Å². The summed E-state index contributed by atoms with van der Waals surface area (Å²) in [5.74, 6) is 1.24. The molecule has 1 N–H and O–H groups in total. The summed E-state index contributed by atoms with van der Waals surface area (Å²) in [6.07, 6.45) is 2.78. The third-order valence-corrected chi connectivity index (χ3v) is 3.52. The molecule has 5 heteroatoms. The first-order valence-corrected chi connectivity index (χ1v) is 7.50. The van der Waals surface area contributed by atoms with Crippen molar-refractivity contribution in [3.05, 3.63) is 29.8 Å². The van der Waals surface area contributed by atoms with Gasteiger partial charge in [-0.1, -0.05) is 12.1 Å². The van der Waals surface area contributed by atoms with Crippen LogP contribution in [0.4, 0.5) is 0 Å². The van der Waals surface area contributed by atoms with Crippen LogP contribution in [-0.4, -0.2) is 37.0 Å². The minimum absolute atomic E-state index is 0. The molecular formula is C16H25ClN2O2. The van der Waals surface area contributed by atoms with Crippen LogP contribution in [0, 0.1) is 0 Å². The van der Waals surface area contributed by atoms with Crippen molar-refractivity contribution >= 4 is 18.3 Å². The van der Waals surface area contributed by atoms with E-state index in [0.29, 0.717) is 12.5 Å². The first-order chi connectivity index (χ1) is 9.79. The molecule has 1 heterocycles. The van der Waals surface area contributed by atoms with Gasteiger partial charge >= 0.3 is 0 Å². The van der Waals surface area contributed by atoms with Crippen LogP contribution in [-0.2, 0) is 11.3 Å². The fourth-order valence-electron chi connectivity index (χ4n) is 2.44. The van der Waals surface area contributed by atoms with Crippen molar-refractivity contribution in [3.63, 3.8) is 0 Å². The van der Waals surface area contributed by atoms with Gasteiger partial charge < -0.3 is 15.0 Å². The van der Waals surface area contributed by atoms with Gasteiger partial charge in [0.1, 0.15) is 5.75 Å². The van der Waals surface area contributed by atoms with Crippen LogP contribution in [0.2, 0.25) is 0 Å². The molecule has 118 valence electrons. The van der Waals surface area contributed by atoms with Crippen LogP contribution in [0.15, 0.2) is 24.3 Å². The van der Waals surface area contributed by atoms with E-state index in [9.17, 15) is 4.79 Å². The summed E-state index contributed by atoms with van der Waals surface area (Å²) in [6.45, 7) is 6.32. The standard InChI is InChI=1S/C16H24N2O2.ClH/c1-2-20-15-8-6-14(7-9-15)13-17-10-4-12-18-11-3-5-16(18)19;/h6-9,17H,2-5,10-13H2,1H3;1H. The summed E-state index contributed by atoms with van der Waals surface area (Å²) in [5, 5.41) is 3.41. The van der Waals surface area contributed by atoms with Crippen LogP contribution in [0.1, 0.15) is 31.7 Å². The van der Waals surface area contributed by atoms with E-state index in [-0.39, 0.29) is 12.4 Å². The normalized spacial score (nSPS) is 14.1. The maximum atomic E-state index is 11.4. The summed E-state index contributed by atoms with van der Waals surface area (Å²) in [4.78, 5) is 13.4. The van der Waals surface area contributed by atoms with Crippen molar-refractivity contribution in [1.29, 1.82) is 0 Å². The van der Waals surface area contributed by atoms with Crippen molar-refractivity contribution in [2.45, 2.75) is 32.7 Å². The Balaban J connectivity index is 0.00000220. The summed E-state index contributed by atoms with van der Waals surface area (Å²) in [7, 11) is 0. The van der Waals surface area contributed by atoms with E-state index in [1.54, 1.807) is 0 Å². The molecule has 1 saturated heterocycles. The molecule has 1 aliphatic heterocycles. The highest BCUT2D eigenvalue weighted by molar-refractivity contribution is 5.85. The molecule has 0 spiro atoms. The summed E-state index contributed by atoms with van der Waals surface area (Å²) in [5.41, 5.74) is 1.26. The first kappa shape index (κ1) is 17.8. The van der Waals surface area contributed by atoms with E-state index in [2.05, 4.69) is 17.4 Å². The lowest BCUT2D eigenvalue weighted by Crippen LogP contribution is -2.28. The number of nitrogens with zero attached hydrogens (tertiary/aromatic N) is 1. The van der Waals surface area contributed by atoms with Gasteiger partial charge in [0.2, 0.25) is 5.91 Å². The van der Waals surface area contributed by atoms with Gasteiger partial charge in [0.25, 0.3) is 0 Å². The molecule has 4 nitrogen and oxygen atoms in total. The molecule has 0 saturated carbocycles. The Morgan fingerprint density at radius 1 is 1.29 bits per heavy atom. The maximum Gasteiger partial charge on any atom is 0.222 e. The Morgan fingerprint density at radius 3 is 2.67 bits per heavy atom. The molecule has 1 aromatic rings. The van der Waals surface area contributed by atoms with E-state index in [4.69, 9.17) is 4.74 Å². The van der Waals surface area contributed by atoms with Crippen LogP contribution in [0.25, 0.3) is 0 Å². The second-order valence-electron chi connectivity index (χ2n) is 5.09. The molecule has 0 bridgehead atoms. The third-order valence-electron chi connectivity index (χ3n) is 3.52. The maximum absolute atomic E-state index is 11.4. The number of carbonyl (C=O) groups excluding carboxylic acids is 1. The van der Waals surface area contributed by atoms with Crippen LogP contribution in [0.3, 0.4) is 0 Å². The van der Waals surface area contributed by atoms with Crippen LogP contribution >= 0.6 is 12.4 Å². The number of benzene rings is 1. The second-order valence-corrected chi connectivity index (χ2v) is 5.09. The Hall–Kier alpha value is -1.26. The zero-order valence-corrected chi connectivity index (χ0v) is 13.5. The molecule has 1 aliphatic rings. The third kappa shape index (κ3) is 5.94. The fraction of sp³-hybridized carbons (Fsp3) is 0.562. The molecule has 2 rings (SSSR count). The molecule has 0 unspecified atom stereocenters. The number of hydrogen-bond donors (Lipinski definition) is 1. The van der Waals surface area contributed by atoms with Crippen molar-refractivity contribution < 1.29 is 9.53 Å². The number of hydrogen-bond acceptors (Lipinski definition) is 3. The van der Waals surface area contributed by atoms with Crippen LogP contribution in [0.5, 0.6) is 5.75 Å². The fourth-order valence-corrected chi connectivity index (χ4v) is 2.44. The van der Waals surface area contributed by atoms with E-state index in [1.807, 2.05) is 24.0 Å². The number of nitrogens with one attached hydrogen (secondary N) is 1. The number of carbonyl (C=O) groups is 1. The van der Waals surface area contributed by atoms with Gasteiger partial charge in [-0.25, -0.2) is 0 Å². The molecule has 1 amide bonds. The summed E-state index contributed by atoms with van der Waals surface area (Å²) in [6, 6.07) is 8.18. The minimum atomic E-state index is 0. The first-order valence-electron chi connectivity index (χ1n) is 7.50. The predicted molar refractivity (Wildman–Crippen MR) is 87.0 cm³/mol. The number of halogens is 1. The Kier molecular flexibility index (Phi) is 8.16. The van der Waals surface area contributed by atoms with Crippen molar-refractivity contribution in [3.8, 4) is 5.75 Å². The SMILES string of the molecule is CCOc1ccc(CNCCCN2CCCC2=O)cc1.Cl. The van der Waals surface area contributed by atoms with Crippen molar-refractivity contribution in [1.82, 2.24) is 10.2 Å². The van der Waals surface area contributed by atoms with Gasteiger partial charge in [-0.15, -0.1) is 12.4 Å². The van der Waals surface area contributed by atoms with Gasteiger partial charge in [-0.3, -0.25) is 4.79 Å². The second kappa shape index (κ2) is 9.64. The number of likely N-dealkylation sites (tertiary alicyclic amines) is 1. The molecule has 1 aromatic carbocycles. The number of amides is 1. The summed E-state index contributed by atoms with van der Waals surface area (Å²) >= 11 is 0. The van der Waals surface area contributed by atoms with Gasteiger partial charge in [-0.05, 0) is 44.0 Å². The quantitative estimate of drug-likeness (QED) is 0.750. The molecule has 0 radical (unpaired) electrons. The molecule has 1 fully saturated rings. The molecule has 21 heavy (non-hydrogen) atoms. The molecule has 0 aromatic heterocycles. The highest BCUT2D eigenvalue weighted by Gasteiger charge is 2.18. The predicted octanol–water partition coefficient (Wildman–Crippen LogP) is 2.61. The number of ether oxygens (including phenoxy) is 1. The minimum Gasteiger partial charge on any atom is -0.494 e. The lowest BCUT2D eigenvalue weighted by molar-refractivity contribution is -0.127. The Bertz CT molecular complexity index is 423. The average molecular weight is 313 g/mol. The number of rotatable bonds is 8. The largest absolute Gasteiger partial charge is 0.494 e. The van der Waals surface area contributed by atoms with Gasteiger partial charge in [0.15, 0.2) is 0 Å². The monoisotopic (exact) mass is 312 g/mol. The highest BCUT2D eigenvalue weighted by atomic mass is 35.5. The highest BCUT2D eigenvalue weighted by Crippen LogP contribution is 2.12. The van der Waals surface area contributed by atoms with Gasteiger partial charge in [-0.2, -0.15) is 0 Å². The van der Waals surface area contributed by atoms with Crippen molar-refractivity contribution in [2.24, 2.45) is 0 Å². The molecular weight excluding hydrogens is 288 g/mol. The van der Waals surface area contributed by atoms with E-state index in [0.717, 1.165) is 51.2 Å². The molecule has 0 atom stereocenters. The molecule has 0 aliphatic carbocycles. The Labute approximate surface area is 133 Å². The van der Waals surface area contributed by atoms with Crippen LogP contribution < -0.4 is 10.1 Å². The lowest BCUT2D eigenvalue weighted by atomic mass is 10.2. The Morgan fingerprint density at radius 2 is 2.05 bits per heavy atom. The smallest absolute Gasteiger partial charge is 0.222 e. The summed E-state index contributed by atoms with van der Waals surface area (Å²) < 4.78 is 5.41. The lowest BCUT2D eigenvalue weighted by Gasteiger charge is -2.15.